The molecule has 0 bridgehead atoms. The lowest BCUT2D eigenvalue weighted by atomic mass is 9.92. The zero-order valence-electron chi connectivity index (χ0n) is 12.1. The van der Waals surface area contributed by atoms with E-state index in [1.807, 2.05) is 20.8 Å². The third-order valence-corrected chi connectivity index (χ3v) is 3.31. The molecule has 0 radical (unpaired) electrons. The lowest BCUT2D eigenvalue weighted by Crippen LogP contribution is -3.15. The number of piperidine rings is 1. The molecule has 1 aliphatic rings. The summed E-state index contributed by atoms with van der Waals surface area (Å²) in [6.45, 7) is 14.4. The lowest BCUT2D eigenvalue weighted by molar-refractivity contribution is -0.915. The van der Waals surface area contributed by atoms with Crippen molar-refractivity contribution in [3.8, 4) is 0 Å². The highest BCUT2D eigenvalue weighted by atomic mass is 16.5. The number of nitrogens with one attached hydrogen (secondary N) is 1. The van der Waals surface area contributed by atoms with Gasteiger partial charge in [0, 0.05) is 11.8 Å². The van der Waals surface area contributed by atoms with Crippen molar-refractivity contribution in [3.63, 3.8) is 0 Å². The minimum absolute atomic E-state index is 0.154. The molecule has 0 aromatic carbocycles. The Morgan fingerprint density at radius 2 is 1.76 bits per heavy atom. The van der Waals surface area contributed by atoms with Gasteiger partial charge in [-0.1, -0.05) is 13.8 Å². The summed E-state index contributed by atoms with van der Waals surface area (Å²) in [4.78, 5) is 1.53. The van der Waals surface area contributed by atoms with E-state index in [4.69, 9.17) is 4.74 Å². The Kier molecular flexibility index (Phi) is 5.42. The van der Waals surface area contributed by atoms with Crippen LogP contribution >= 0.6 is 0 Å². The smallest absolute Gasteiger partial charge is 0.126 e. The molecule has 1 saturated heterocycles. The molecule has 3 atom stereocenters. The quantitative estimate of drug-likeness (QED) is 0.764. The van der Waals surface area contributed by atoms with E-state index in [1.54, 1.807) is 0 Å². The second-order valence-electron chi connectivity index (χ2n) is 6.89. The molecule has 0 aliphatic carbocycles. The van der Waals surface area contributed by atoms with Crippen LogP contribution in [-0.2, 0) is 4.74 Å². The number of hydrogen-bond acceptors (Lipinski definition) is 2. The average Bonchev–Trinajstić information content (AvgIpc) is 2.11. The number of hydrogen-bond donors (Lipinski definition) is 2. The van der Waals surface area contributed by atoms with Crippen LogP contribution in [-0.4, -0.2) is 43.1 Å². The van der Waals surface area contributed by atoms with E-state index in [9.17, 15) is 5.11 Å². The number of aliphatic hydroxyl groups excluding tert-OH is 1. The fourth-order valence-electron chi connectivity index (χ4n) is 2.83. The first kappa shape index (κ1) is 14.9. The van der Waals surface area contributed by atoms with Crippen LogP contribution in [0.25, 0.3) is 0 Å². The largest absolute Gasteiger partial charge is 0.385 e. The van der Waals surface area contributed by atoms with Gasteiger partial charge in [-0.25, -0.2) is 0 Å². The number of ether oxygens (including phenoxy) is 1. The summed E-state index contributed by atoms with van der Waals surface area (Å²) in [7, 11) is 0. The standard InChI is InChI=1S/C14H29NO2/c1-11-6-12(2)8-15(7-11)9-13(16)10-17-14(3,4)5/h11-13,16H,6-10H2,1-5H3/p+1/t11-,12-,13-/m0/s1. The number of aliphatic hydroxyl groups is 1. The van der Waals surface area contributed by atoms with Crippen LogP contribution in [0.4, 0.5) is 0 Å². The Bertz CT molecular complexity index is 215. The first-order chi connectivity index (χ1) is 7.76. The van der Waals surface area contributed by atoms with Crippen LogP contribution in [0, 0.1) is 11.8 Å². The van der Waals surface area contributed by atoms with Crippen molar-refractivity contribution in [2.45, 2.75) is 52.7 Å². The van der Waals surface area contributed by atoms with Gasteiger partial charge in [-0.05, 0) is 27.2 Å². The monoisotopic (exact) mass is 244 g/mol. The van der Waals surface area contributed by atoms with E-state index in [-0.39, 0.29) is 11.7 Å². The molecule has 0 aromatic heterocycles. The molecule has 1 fully saturated rings. The molecule has 0 amide bonds. The minimum Gasteiger partial charge on any atom is -0.385 e. The number of rotatable bonds is 4. The number of quaternary nitrogens is 1. The summed E-state index contributed by atoms with van der Waals surface area (Å²) in [5, 5.41) is 9.99. The van der Waals surface area contributed by atoms with Gasteiger partial charge in [0.25, 0.3) is 0 Å². The van der Waals surface area contributed by atoms with E-state index in [2.05, 4.69) is 13.8 Å². The second kappa shape index (κ2) is 6.17. The highest BCUT2D eigenvalue weighted by molar-refractivity contribution is 4.65. The Labute approximate surface area is 106 Å². The third kappa shape index (κ3) is 6.39. The zero-order valence-corrected chi connectivity index (χ0v) is 12.1. The Hall–Kier alpha value is -0.120. The van der Waals surface area contributed by atoms with Gasteiger partial charge in [-0.15, -0.1) is 0 Å². The summed E-state index contributed by atoms with van der Waals surface area (Å²) in [5.41, 5.74) is -0.154. The zero-order chi connectivity index (χ0) is 13.1. The van der Waals surface area contributed by atoms with Crippen molar-refractivity contribution in [1.29, 1.82) is 0 Å². The van der Waals surface area contributed by atoms with E-state index in [0.29, 0.717) is 6.61 Å². The molecule has 3 nitrogen and oxygen atoms in total. The minimum atomic E-state index is -0.332. The van der Waals surface area contributed by atoms with Crippen molar-refractivity contribution in [2.75, 3.05) is 26.2 Å². The fourth-order valence-corrected chi connectivity index (χ4v) is 2.83. The highest BCUT2D eigenvalue weighted by Crippen LogP contribution is 2.12. The van der Waals surface area contributed by atoms with Crippen LogP contribution in [0.1, 0.15) is 41.0 Å². The maximum Gasteiger partial charge on any atom is 0.126 e. The summed E-state index contributed by atoms with van der Waals surface area (Å²) in [6, 6.07) is 0. The Morgan fingerprint density at radius 3 is 2.24 bits per heavy atom. The van der Waals surface area contributed by atoms with Crippen LogP contribution in [0.3, 0.4) is 0 Å². The molecular formula is C14H30NO2+. The van der Waals surface area contributed by atoms with E-state index >= 15 is 0 Å². The molecular weight excluding hydrogens is 214 g/mol. The lowest BCUT2D eigenvalue weighted by Gasteiger charge is -2.33. The van der Waals surface area contributed by atoms with E-state index in [1.165, 1.54) is 24.4 Å². The topological polar surface area (TPSA) is 33.9 Å². The molecule has 0 aromatic rings. The Balaban J connectivity index is 2.28. The van der Waals surface area contributed by atoms with Crippen LogP contribution in [0.2, 0.25) is 0 Å². The SMILES string of the molecule is C[C@H]1C[C@H](C)C[NH+](C[C@H](O)COC(C)(C)C)C1. The molecule has 1 aliphatic heterocycles. The third-order valence-electron chi connectivity index (χ3n) is 3.31. The first-order valence-electron chi connectivity index (χ1n) is 6.92. The predicted molar refractivity (Wildman–Crippen MR) is 70.2 cm³/mol. The predicted octanol–water partition coefficient (Wildman–Crippen LogP) is 0.723. The van der Waals surface area contributed by atoms with Crippen molar-refractivity contribution < 1.29 is 14.7 Å². The van der Waals surface area contributed by atoms with Crippen LogP contribution in [0.15, 0.2) is 0 Å². The van der Waals surface area contributed by atoms with Gasteiger partial charge >= 0.3 is 0 Å². The van der Waals surface area contributed by atoms with Crippen LogP contribution < -0.4 is 4.90 Å². The number of likely N-dealkylation sites (tertiary alicyclic amines) is 1. The molecule has 2 N–H and O–H groups in total. The molecule has 1 heterocycles. The molecule has 102 valence electrons. The van der Waals surface area contributed by atoms with Crippen LogP contribution in [0.5, 0.6) is 0 Å². The van der Waals surface area contributed by atoms with Crippen molar-refractivity contribution >= 4 is 0 Å². The van der Waals surface area contributed by atoms with Gasteiger partial charge in [0.1, 0.15) is 12.6 Å². The maximum absolute atomic E-state index is 9.99. The summed E-state index contributed by atoms with van der Waals surface area (Å²) < 4.78 is 5.62. The normalized spacial score (nSPS) is 32.5. The molecule has 0 spiro atoms. The van der Waals surface area contributed by atoms with Gasteiger partial charge < -0.3 is 14.7 Å². The van der Waals surface area contributed by atoms with Gasteiger partial charge in [-0.3, -0.25) is 0 Å². The van der Waals surface area contributed by atoms with E-state index in [0.717, 1.165) is 18.4 Å². The fraction of sp³-hybridized carbons (Fsp3) is 1.00. The summed E-state index contributed by atoms with van der Waals surface area (Å²) >= 11 is 0. The first-order valence-corrected chi connectivity index (χ1v) is 6.92. The van der Waals surface area contributed by atoms with Crippen molar-refractivity contribution in [3.05, 3.63) is 0 Å². The molecule has 0 unspecified atom stereocenters. The summed E-state index contributed by atoms with van der Waals surface area (Å²) in [6.07, 6.45) is 1.000. The maximum atomic E-state index is 9.99. The molecule has 0 saturated carbocycles. The highest BCUT2D eigenvalue weighted by Gasteiger charge is 2.27. The molecule has 3 heteroatoms. The second-order valence-corrected chi connectivity index (χ2v) is 6.89. The Morgan fingerprint density at radius 1 is 1.24 bits per heavy atom. The molecule has 17 heavy (non-hydrogen) atoms. The summed E-state index contributed by atoms with van der Waals surface area (Å²) in [5.74, 6) is 1.56. The molecule has 1 rings (SSSR count). The van der Waals surface area contributed by atoms with Crippen molar-refractivity contribution in [2.24, 2.45) is 11.8 Å². The van der Waals surface area contributed by atoms with Gasteiger partial charge in [0.2, 0.25) is 0 Å². The van der Waals surface area contributed by atoms with Gasteiger partial charge in [0.05, 0.1) is 25.3 Å². The average molecular weight is 244 g/mol. The van der Waals surface area contributed by atoms with Gasteiger partial charge in [-0.2, -0.15) is 0 Å². The van der Waals surface area contributed by atoms with Crippen molar-refractivity contribution in [1.82, 2.24) is 0 Å². The van der Waals surface area contributed by atoms with Gasteiger partial charge in [0.15, 0.2) is 0 Å². The van der Waals surface area contributed by atoms with E-state index < -0.39 is 0 Å².